The molecular formula is C17H19N3O3. The molecule has 0 unspecified atom stereocenters. The number of ether oxygens (including phenoxy) is 1. The van der Waals surface area contributed by atoms with Gasteiger partial charge in [0.1, 0.15) is 5.75 Å². The summed E-state index contributed by atoms with van der Waals surface area (Å²) in [7, 11) is 1.54. The van der Waals surface area contributed by atoms with E-state index in [-0.39, 0.29) is 24.9 Å². The van der Waals surface area contributed by atoms with E-state index in [1.807, 2.05) is 42.5 Å². The van der Waals surface area contributed by atoms with Gasteiger partial charge in [0.05, 0.1) is 18.8 Å². The highest BCUT2D eigenvalue weighted by molar-refractivity contribution is 5.94. The molecule has 0 heterocycles. The van der Waals surface area contributed by atoms with Crippen LogP contribution in [0.15, 0.2) is 54.6 Å². The van der Waals surface area contributed by atoms with E-state index in [4.69, 9.17) is 4.74 Å². The van der Waals surface area contributed by atoms with Gasteiger partial charge in [-0.3, -0.25) is 14.9 Å². The predicted molar refractivity (Wildman–Crippen MR) is 88.5 cm³/mol. The summed E-state index contributed by atoms with van der Waals surface area (Å²) in [5.74, 6) is 0.814. The molecule has 0 saturated heterocycles. The van der Waals surface area contributed by atoms with Crippen molar-refractivity contribution in [3.63, 3.8) is 0 Å². The summed E-state index contributed by atoms with van der Waals surface area (Å²) < 4.78 is 5.77. The first-order valence-corrected chi connectivity index (χ1v) is 7.22. The van der Waals surface area contributed by atoms with Gasteiger partial charge in [0.15, 0.2) is 5.75 Å². The van der Waals surface area contributed by atoms with Crippen LogP contribution in [0.2, 0.25) is 0 Å². The minimum absolute atomic E-state index is 0.0348. The molecule has 2 aromatic carbocycles. The number of benzene rings is 2. The topological polar surface area (TPSA) is 79.5 Å². The fourth-order valence-corrected chi connectivity index (χ4v) is 1.85. The predicted octanol–water partition coefficient (Wildman–Crippen LogP) is 1.75. The highest BCUT2D eigenvalue weighted by Crippen LogP contribution is 2.28. The van der Waals surface area contributed by atoms with Crippen molar-refractivity contribution in [3.05, 3.63) is 54.6 Å². The number of carbonyl (C=O) groups excluding carboxylic acids is 2. The van der Waals surface area contributed by atoms with Crippen LogP contribution in [0.25, 0.3) is 0 Å². The molecule has 0 bridgehead atoms. The van der Waals surface area contributed by atoms with Crippen molar-refractivity contribution in [2.45, 2.75) is 0 Å². The summed E-state index contributed by atoms with van der Waals surface area (Å²) in [5.41, 5.74) is 0.572. The average molecular weight is 313 g/mol. The zero-order valence-electron chi connectivity index (χ0n) is 12.8. The average Bonchev–Trinajstić information content (AvgIpc) is 2.57. The maximum Gasteiger partial charge on any atom is 0.238 e. The van der Waals surface area contributed by atoms with Crippen LogP contribution in [0.3, 0.4) is 0 Å². The van der Waals surface area contributed by atoms with E-state index < -0.39 is 0 Å². The monoisotopic (exact) mass is 313 g/mol. The summed E-state index contributed by atoms with van der Waals surface area (Å²) >= 11 is 0. The van der Waals surface area contributed by atoms with E-state index in [9.17, 15) is 9.59 Å². The third kappa shape index (κ3) is 5.44. The molecular weight excluding hydrogens is 294 g/mol. The SMILES string of the molecule is CNC(=O)CNCC(=O)Nc1ccccc1Oc1ccccc1. The number of amides is 2. The summed E-state index contributed by atoms with van der Waals surface area (Å²) in [5, 5.41) is 8.00. The molecule has 0 aromatic heterocycles. The Balaban J connectivity index is 1.94. The molecule has 0 saturated carbocycles. The quantitative estimate of drug-likeness (QED) is 0.727. The van der Waals surface area contributed by atoms with E-state index in [1.165, 1.54) is 0 Å². The number of carbonyl (C=O) groups is 2. The molecule has 2 amide bonds. The lowest BCUT2D eigenvalue weighted by molar-refractivity contribution is -0.120. The lowest BCUT2D eigenvalue weighted by Gasteiger charge is -2.12. The molecule has 0 aliphatic rings. The maximum absolute atomic E-state index is 11.9. The Morgan fingerprint density at radius 2 is 1.57 bits per heavy atom. The molecule has 2 rings (SSSR count). The van der Waals surface area contributed by atoms with Crippen LogP contribution in [0.4, 0.5) is 5.69 Å². The Morgan fingerprint density at radius 1 is 0.913 bits per heavy atom. The molecule has 0 aliphatic heterocycles. The Morgan fingerprint density at radius 3 is 2.30 bits per heavy atom. The fraction of sp³-hybridized carbons (Fsp3) is 0.176. The van der Waals surface area contributed by atoms with E-state index >= 15 is 0 Å². The second kappa shape index (κ2) is 8.55. The van der Waals surface area contributed by atoms with Gasteiger partial charge in [-0.2, -0.15) is 0 Å². The number of para-hydroxylation sites is 3. The third-order valence-electron chi connectivity index (χ3n) is 2.98. The molecule has 0 radical (unpaired) electrons. The number of hydrogen-bond donors (Lipinski definition) is 3. The van der Waals surface area contributed by atoms with Crippen molar-refractivity contribution >= 4 is 17.5 Å². The van der Waals surface area contributed by atoms with Crippen molar-refractivity contribution in [2.24, 2.45) is 0 Å². The van der Waals surface area contributed by atoms with Crippen LogP contribution in [0, 0.1) is 0 Å². The van der Waals surface area contributed by atoms with Crippen molar-refractivity contribution in [2.75, 3.05) is 25.5 Å². The molecule has 0 atom stereocenters. The van der Waals surface area contributed by atoms with E-state index in [0.29, 0.717) is 17.2 Å². The molecule has 6 heteroatoms. The van der Waals surface area contributed by atoms with E-state index in [1.54, 1.807) is 19.2 Å². The van der Waals surface area contributed by atoms with Crippen LogP contribution >= 0.6 is 0 Å². The number of likely N-dealkylation sites (N-methyl/N-ethyl adjacent to an activating group) is 1. The van der Waals surface area contributed by atoms with Crippen LogP contribution in [0.1, 0.15) is 0 Å². The molecule has 23 heavy (non-hydrogen) atoms. The Bertz CT molecular complexity index is 659. The summed E-state index contributed by atoms with van der Waals surface area (Å²) in [6.45, 7) is 0.124. The normalized spacial score (nSPS) is 9.96. The van der Waals surface area contributed by atoms with Crippen LogP contribution in [-0.2, 0) is 9.59 Å². The molecule has 6 nitrogen and oxygen atoms in total. The Hall–Kier alpha value is -2.86. The largest absolute Gasteiger partial charge is 0.455 e. The van der Waals surface area contributed by atoms with Gasteiger partial charge >= 0.3 is 0 Å². The number of nitrogens with one attached hydrogen (secondary N) is 3. The minimum atomic E-state index is -0.252. The second-order valence-electron chi connectivity index (χ2n) is 4.74. The van der Waals surface area contributed by atoms with Gasteiger partial charge in [-0.15, -0.1) is 0 Å². The van der Waals surface area contributed by atoms with Gasteiger partial charge in [0, 0.05) is 7.05 Å². The van der Waals surface area contributed by atoms with Gasteiger partial charge in [-0.1, -0.05) is 30.3 Å². The van der Waals surface area contributed by atoms with Crippen molar-refractivity contribution < 1.29 is 14.3 Å². The Labute approximate surface area is 134 Å². The first-order chi connectivity index (χ1) is 11.2. The molecule has 0 aliphatic carbocycles. The van der Waals surface area contributed by atoms with Crippen molar-refractivity contribution in [1.29, 1.82) is 0 Å². The Kier molecular flexibility index (Phi) is 6.14. The first kappa shape index (κ1) is 16.5. The van der Waals surface area contributed by atoms with Gasteiger partial charge in [0.2, 0.25) is 11.8 Å². The van der Waals surface area contributed by atoms with Gasteiger partial charge < -0.3 is 15.4 Å². The zero-order valence-corrected chi connectivity index (χ0v) is 12.8. The van der Waals surface area contributed by atoms with Crippen LogP contribution < -0.4 is 20.7 Å². The third-order valence-corrected chi connectivity index (χ3v) is 2.98. The van der Waals surface area contributed by atoms with Gasteiger partial charge in [-0.25, -0.2) is 0 Å². The highest BCUT2D eigenvalue weighted by atomic mass is 16.5. The molecule has 0 spiro atoms. The summed E-state index contributed by atoms with van der Waals surface area (Å²) in [6, 6.07) is 16.5. The molecule has 0 fully saturated rings. The van der Waals surface area contributed by atoms with Crippen molar-refractivity contribution in [3.8, 4) is 11.5 Å². The number of hydrogen-bond acceptors (Lipinski definition) is 4. The van der Waals surface area contributed by atoms with E-state index in [2.05, 4.69) is 16.0 Å². The standard InChI is InChI=1S/C17H19N3O3/c1-18-16(21)11-19-12-17(22)20-14-9-5-6-10-15(14)23-13-7-3-2-4-8-13/h2-10,19H,11-12H2,1H3,(H,18,21)(H,20,22). The maximum atomic E-state index is 11.9. The van der Waals surface area contributed by atoms with Crippen LogP contribution in [0.5, 0.6) is 11.5 Å². The zero-order chi connectivity index (χ0) is 16.5. The fourth-order valence-electron chi connectivity index (χ4n) is 1.85. The molecule has 3 N–H and O–H groups in total. The number of rotatable bonds is 7. The van der Waals surface area contributed by atoms with E-state index in [0.717, 1.165) is 0 Å². The minimum Gasteiger partial charge on any atom is -0.455 e. The van der Waals surface area contributed by atoms with Crippen LogP contribution in [-0.4, -0.2) is 32.0 Å². The smallest absolute Gasteiger partial charge is 0.238 e. The van der Waals surface area contributed by atoms with Crippen molar-refractivity contribution in [1.82, 2.24) is 10.6 Å². The highest BCUT2D eigenvalue weighted by Gasteiger charge is 2.08. The first-order valence-electron chi connectivity index (χ1n) is 7.22. The second-order valence-corrected chi connectivity index (χ2v) is 4.74. The van der Waals surface area contributed by atoms with Gasteiger partial charge in [0.25, 0.3) is 0 Å². The summed E-state index contributed by atoms with van der Waals surface area (Å²) in [6.07, 6.45) is 0. The summed E-state index contributed by atoms with van der Waals surface area (Å²) in [4.78, 5) is 23.0. The molecule has 120 valence electrons. The lowest BCUT2D eigenvalue weighted by atomic mass is 10.3. The number of anilines is 1. The van der Waals surface area contributed by atoms with Gasteiger partial charge in [-0.05, 0) is 24.3 Å². The molecule has 2 aromatic rings. The lowest BCUT2D eigenvalue weighted by Crippen LogP contribution is -2.36.